The second kappa shape index (κ2) is 9.49. The quantitative estimate of drug-likeness (QED) is 0.185. The number of carbonyl (C=O) groups excluding carboxylic acids is 2. The van der Waals surface area contributed by atoms with E-state index in [2.05, 4.69) is 0 Å². The van der Waals surface area contributed by atoms with Crippen LogP contribution in [0.15, 0.2) is 0 Å². The van der Waals surface area contributed by atoms with Crippen LogP contribution in [-0.2, 0) is 9.59 Å². The van der Waals surface area contributed by atoms with E-state index in [0.717, 1.165) is 0 Å². The third kappa shape index (κ3) is 5.64. The van der Waals surface area contributed by atoms with Crippen molar-refractivity contribution in [1.82, 2.24) is 4.90 Å². The molecule has 4 atom stereocenters. The summed E-state index contributed by atoms with van der Waals surface area (Å²) in [5, 5.41) is 55.1. The van der Waals surface area contributed by atoms with Crippen LogP contribution in [-0.4, -0.2) is 96.4 Å². The van der Waals surface area contributed by atoms with Gasteiger partial charge in [-0.3, -0.25) is 9.59 Å². The van der Waals surface area contributed by atoms with Crippen molar-refractivity contribution < 1.29 is 40.2 Å². The largest absolute Gasteiger partial charge is 0.395 e. The first-order valence-corrected chi connectivity index (χ1v) is 6.62. The number of amides is 1. The predicted molar refractivity (Wildman–Crippen MR) is 70.4 cm³/mol. The van der Waals surface area contributed by atoms with Crippen molar-refractivity contribution in [2.24, 2.45) is 0 Å². The number of ketones is 1. The molecule has 0 aromatic carbocycles. The molecule has 0 fully saturated rings. The maximum atomic E-state index is 11.7. The number of Topliss-reactive ketones (excluding diaryl/α,β-unsaturated/α-hetero) is 1. The highest BCUT2D eigenvalue weighted by atomic mass is 35.5. The van der Waals surface area contributed by atoms with Crippen molar-refractivity contribution in [2.75, 3.05) is 19.8 Å². The van der Waals surface area contributed by atoms with E-state index in [1.54, 1.807) is 0 Å². The summed E-state index contributed by atoms with van der Waals surface area (Å²) in [7, 11) is 0. The number of nitrogens with zero attached hydrogens (tertiary/aromatic N) is 1. The minimum absolute atomic E-state index is 0.397. The van der Waals surface area contributed by atoms with Gasteiger partial charge in [-0.25, -0.2) is 0 Å². The summed E-state index contributed by atoms with van der Waals surface area (Å²) >= 11 is 10.6. The first-order valence-electron chi connectivity index (χ1n) is 5.75. The van der Waals surface area contributed by atoms with Gasteiger partial charge < -0.3 is 35.5 Å². The zero-order chi connectivity index (χ0) is 16.7. The molecule has 21 heavy (non-hydrogen) atoms. The van der Waals surface area contributed by atoms with E-state index in [-0.39, 0.29) is 0 Å². The summed E-state index contributed by atoms with van der Waals surface area (Å²) < 4.78 is 0. The summed E-state index contributed by atoms with van der Waals surface area (Å²) in [5.74, 6) is -2.54. The monoisotopic (exact) mass is 349 g/mol. The fourth-order valence-electron chi connectivity index (χ4n) is 1.38. The Hall–Kier alpha value is -0.520. The summed E-state index contributed by atoms with van der Waals surface area (Å²) in [5.41, 5.74) is 0. The van der Waals surface area contributed by atoms with E-state index in [9.17, 15) is 24.9 Å². The molecule has 0 rings (SSSR count). The van der Waals surface area contributed by atoms with Crippen LogP contribution < -0.4 is 0 Å². The standard InChI is InChI=1S/C10H17Cl2NO8/c11-8(12)10(21)13(1-2-14)9(20)7(19)6(18)5(17)4(16)3-15/h4-6,8-9,14-18,20H,1-3H2/t4-,5+,6-,9?/m1/s1. The van der Waals surface area contributed by atoms with E-state index < -0.39 is 60.8 Å². The Balaban J connectivity index is 5.04. The summed E-state index contributed by atoms with van der Waals surface area (Å²) in [6.45, 7) is -2.08. The molecule has 0 aromatic heterocycles. The Labute approximate surface area is 129 Å². The number of aliphatic hydroxyl groups is 6. The lowest BCUT2D eigenvalue weighted by Crippen LogP contribution is -2.55. The molecule has 0 heterocycles. The summed E-state index contributed by atoms with van der Waals surface area (Å²) in [6, 6.07) is 0. The number of hydrogen-bond donors (Lipinski definition) is 6. The molecule has 0 aliphatic rings. The normalized spacial score (nSPS) is 17.2. The van der Waals surface area contributed by atoms with Gasteiger partial charge >= 0.3 is 0 Å². The molecule has 6 N–H and O–H groups in total. The van der Waals surface area contributed by atoms with Crippen molar-refractivity contribution >= 4 is 34.9 Å². The van der Waals surface area contributed by atoms with Crippen LogP contribution in [0.4, 0.5) is 0 Å². The molecule has 11 heteroatoms. The van der Waals surface area contributed by atoms with Crippen LogP contribution in [0.1, 0.15) is 0 Å². The van der Waals surface area contributed by atoms with E-state index in [4.69, 9.17) is 38.5 Å². The van der Waals surface area contributed by atoms with Gasteiger partial charge in [0.05, 0.1) is 13.2 Å². The molecule has 0 saturated carbocycles. The molecule has 0 bridgehead atoms. The van der Waals surface area contributed by atoms with E-state index >= 15 is 0 Å². The highest BCUT2D eigenvalue weighted by Crippen LogP contribution is 2.12. The van der Waals surface area contributed by atoms with Gasteiger partial charge in [-0.2, -0.15) is 0 Å². The lowest BCUT2D eigenvalue weighted by Gasteiger charge is -2.29. The van der Waals surface area contributed by atoms with E-state index in [1.165, 1.54) is 0 Å². The zero-order valence-electron chi connectivity index (χ0n) is 10.7. The third-order valence-corrected chi connectivity index (χ3v) is 2.93. The van der Waals surface area contributed by atoms with Crippen molar-refractivity contribution in [2.45, 2.75) is 29.4 Å². The van der Waals surface area contributed by atoms with Gasteiger partial charge in [-0.15, -0.1) is 0 Å². The predicted octanol–water partition coefficient (Wildman–Crippen LogP) is -3.43. The third-order valence-electron chi connectivity index (χ3n) is 2.56. The first kappa shape index (κ1) is 20.5. The number of rotatable bonds is 9. The Bertz CT molecular complexity index is 356. The van der Waals surface area contributed by atoms with E-state index in [0.29, 0.717) is 4.90 Å². The second-order valence-electron chi connectivity index (χ2n) is 4.02. The smallest absolute Gasteiger partial charge is 0.258 e. The van der Waals surface area contributed by atoms with Gasteiger partial charge in [0.25, 0.3) is 5.91 Å². The lowest BCUT2D eigenvalue weighted by molar-refractivity contribution is -0.164. The molecule has 0 aliphatic carbocycles. The number of hydrogen-bond acceptors (Lipinski definition) is 8. The minimum Gasteiger partial charge on any atom is -0.395 e. The number of halogens is 2. The SMILES string of the molecule is O=C(C(O)N(CCO)C(=O)C(Cl)Cl)[C@H](O)[C@@H](O)[C@H](O)CO. The van der Waals surface area contributed by atoms with Crippen LogP contribution in [0.3, 0.4) is 0 Å². The second-order valence-corrected chi connectivity index (χ2v) is 5.11. The fourth-order valence-corrected chi connectivity index (χ4v) is 1.63. The molecular formula is C10H17Cl2NO8. The topological polar surface area (TPSA) is 159 Å². The number of carbonyl (C=O) groups is 2. The molecule has 9 nitrogen and oxygen atoms in total. The zero-order valence-corrected chi connectivity index (χ0v) is 12.2. The van der Waals surface area contributed by atoms with Crippen LogP contribution in [0, 0.1) is 0 Å². The Morgan fingerprint density at radius 1 is 1.05 bits per heavy atom. The maximum Gasteiger partial charge on any atom is 0.258 e. The highest BCUT2D eigenvalue weighted by molar-refractivity contribution is 6.53. The molecule has 0 saturated heterocycles. The van der Waals surface area contributed by atoms with Crippen LogP contribution in [0.25, 0.3) is 0 Å². The van der Waals surface area contributed by atoms with Crippen molar-refractivity contribution in [3.8, 4) is 0 Å². The van der Waals surface area contributed by atoms with Gasteiger partial charge in [-0.05, 0) is 0 Å². The van der Waals surface area contributed by atoms with Crippen molar-refractivity contribution in [3.63, 3.8) is 0 Å². The summed E-state index contributed by atoms with van der Waals surface area (Å²) in [4.78, 5) is 22.1. The molecule has 124 valence electrons. The fraction of sp³-hybridized carbons (Fsp3) is 0.800. The minimum atomic E-state index is -2.28. The van der Waals surface area contributed by atoms with Gasteiger partial charge in [0.2, 0.25) is 5.78 Å². The molecular weight excluding hydrogens is 333 g/mol. The molecule has 1 unspecified atom stereocenters. The number of aliphatic hydroxyl groups excluding tert-OH is 6. The Morgan fingerprint density at radius 2 is 1.57 bits per heavy atom. The summed E-state index contributed by atoms with van der Waals surface area (Å²) in [6.07, 6.45) is -8.43. The van der Waals surface area contributed by atoms with Crippen molar-refractivity contribution in [3.05, 3.63) is 0 Å². The number of alkyl halides is 2. The maximum absolute atomic E-state index is 11.7. The van der Waals surface area contributed by atoms with Gasteiger partial charge in [0.15, 0.2) is 11.1 Å². The molecule has 1 amide bonds. The van der Waals surface area contributed by atoms with Gasteiger partial charge in [0.1, 0.15) is 18.3 Å². The lowest BCUT2D eigenvalue weighted by atomic mass is 10.0. The van der Waals surface area contributed by atoms with Gasteiger partial charge in [0, 0.05) is 6.54 Å². The van der Waals surface area contributed by atoms with Crippen LogP contribution >= 0.6 is 23.2 Å². The molecule has 0 radical (unpaired) electrons. The van der Waals surface area contributed by atoms with Crippen LogP contribution in [0.5, 0.6) is 0 Å². The average Bonchev–Trinajstić information content (AvgIpc) is 2.47. The molecule has 0 spiro atoms. The Kier molecular flexibility index (Phi) is 9.25. The molecule has 0 aromatic rings. The van der Waals surface area contributed by atoms with E-state index in [1.807, 2.05) is 0 Å². The average molecular weight is 350 g/mol. The van der Waals surface area contributed by atoms with Crippen LogP contribution in [0.2, 0.25) is 0 Å². The van der Waals surface area contributed by atoms with Crippen molar-refractivity contribution in [1.29, 1.82) is 0 Å². The van der Waals surface area contributed by atoms with Gasteiger partial charge in [-0.1, -0.05) is 23.2 Å². The Morgan fingerprint density at radius 3 is 1.95 bits per heavy atom. The molecule has 0 aliphatic heterocycles. The highest BCUT2D eigenvalue weighted by Gasteiger charge is 2.38. The first-order chi connectivity index (χ1) is 9.68.